The maximum atomic E-state index is 13.2. The zero-order valence-electron chi connectivity index (χ0n) is 9.02. The van der Waals surface area contributed by atoms with Crippen LogP contribution in [0.5, 0.6) is 5.75 Å². The molecular formula is C12H13FN2O. The molecule has 0 bridgehead atoms. The van der Waals surface area contributed by atoms with Crippen molar-refractivity contribution < 1.29 is 9.50 Å². The number of aromatic hydroxyl groups is 1. The van der Waals surface area contributed by atoms with Crippen LogP contribution in [-0.2, 0) is 6.54 Å². The van der Waals surface area contributed by atoms with Crippen LogP contribution in [0.2, 0.25) is 0 Å². The molecule has 3 nitrogen and oxygen atoms in total. The van der Waals surface area contributed by atoms with Gasteiger partial charge in [-0.2, -0.15) is 5.10 Å². The van der Waals surface area contributed by atoms with Gasteiger partial charge in [-0.15, -0.1) is 0 Å². The van der Waals surface area contributed by atoms with E-state index in [1.165, 1.54) is 12.1 Å². The van der Waals surface area contributed by atoms with E-state index in [0.29, 0.717) is 0 Å². The maximum Gasteiger partial charge on any atom is 0.165 e. The van der Waals surface area contributed by atoms with Gasteiger partial charge in [0, 0.05) is 18.3 Å². The number of benzene rings is 1. The Kier molecular flexibility index (Phi) is 2.90. The number of aryl methyl sites for hydroxylation is 1. The van der Waals surface area contributed by atoms with E-state index >= 15 is 0 Å². The quantitative estimate of drug-likeness (QED) is 0.863. The van der Waals surface area contributed by atoms with Gasteiger partial charge in [-0.3, -0.25) is 4.68 Å². The molecule has 84 valence electrons. The fraction of sp³-hybridized carbons (Fsp3) is 0.250. The topological polar surface area (TPSA) is 38.0 Å². The summed E-state index contributed by atoms with van der Waals surface area (Å²) >= 11 is 0. The first-order valence-electron chi connectivity index (χ1n) is 5.23. The van der Waals surface area contributed by atoms with Crippen molar-refractivity contribution in [3.63, 3.8) is 0 Å². The lowest BCUT2D eigenvalue weighted by atomic mass is 10.1. The van der Waals surface area contributed by atoms with Gasteiger partial charge < -0.3 is 5.11 Å². The lowest BCUT2D eigenvalue weighted by Crippen LogP contribution is -2.01. The molecule has 0 saturated carbocycles. The third-order valence-corrected chi connectivity index (χ3v) is 2.40. The molecule has 0 amide bonds. The summed E-state index contributed by atoms with van der Waals surface area (Å²) in [7, 11) is 0. The standard InChI is InChI=1S/C12H13FN2O/c1-2-7-15-11(5-6-14-15)9-3-4-12(16)10(13)8-9/h3-6,8,16H,2,7H2,1H3. The summed E-state index contributed by atoms with van der Waals surface area (Å²) in [4.78, 5) is 0. The molecular weight excluding hydrogens is 207 g/mol. The van der Waals surface area contributed by atoms with Crippen LogP contribution in [0.1, 0.15) is 13.3 Å². The number of phenols is 1. The van der Waals surface area contributed by atoms with Gasteiger partial charge in [0.1, 0.15) is 0 Å². The van der Waals surface area contributed by atoms with Crippen molar-refractivity contribution in [2.75, 3.05) is 0 Å². The Hall–Kier alpha value is -1.84. The van der Waals surface area contributed by atoms with Crippen LogP contribution in [0.3, 0.4) is 0 Å². The number of nitrogens with zero attached hydrogens (tertiary/aromatic N) is 2. The van der Waals surface area contributed by atoms with E-state index in [1.54, 1.807) is 12.3 Å². The Morgan fingerprint density at radius 1 is 1.38 bits per heavy atom. The average molecular weight is 220 g/mol. The molecule has 1 N–H and O–H groups in total. The minimum atomic E-state index is -0.609. The molecule has 0 atom stereocenters. The van der Waals surface area contributed by atoms with Crippen molar-refractivity contribution in [2.45, 2.75) is 19.9 Å². The zero-order chi connectivity index (χ0) is 11.5. The van der Waals surface area contributed by atoms with Crippen LogP contribution in [0.15, 0.2) is 30.5 Å². The number of halogens is 1. The second kappa shape index (κ2) is 4.35. The van der Waals surface area contributed by atoms with E-state index in [9.17, 15) is 4.39 Å². The Balaban J connectivity index is 2.42. The van der Waals surface area contributed by atoms with Gasteiger partial charge in [0.25, 0.3) is 0 Å². The van der Waals surface area contributed by atoms with Crippen molar-refractivity contribution in [2.24, 2.45) is 0 Å². The van der Waals surface area contributed by atoms with Gasteiger partial charge in [-0.25, -0.2) is 4.39 Å². The Labute approximate surface area is 93.2 Å². The molecule has 0 aliphatic carbocycles. The summed E-state index contributed by atoms with van der Waals surface area (Å²) in [6, 6.07) is 6.19. The summed E-state index contributed by atoms with van der Waals surface area (Å²) in [6.07, 6.45) is 2.66. The molecule has 0 aliphatic heterocycles. The third-order valence-electron chi connectivity index (χ3n) is 2.40. The monoisotopic (exact) mass is 220 g/mol. The van der Waals surface area contributed by atoms with Gasteiger partial charge in [-0.05, 0) is 30.7 Å². The molecule has 1 aromatic heterocycles. The van der Waals surface area contributed by atoms with E-state index < -0.39 is 5.82 Å². The molecule has 0 unspecified atom stereocenters. The van der Waals surface area contributed by atoms with Crippen LogP contribution < -0.4 is 0 Å². The Morgan fingerprint density at radius 2 is 2.19 bits per heavy atom. The molecule has 0 radical (unpaired) electrons. The normalized spacial score (nSPS) is 10.6. The minimum Gasteiger partial charge on any atom is -0.505 e. The second-order valence-corrected chi connectivity index (χ2v) is 3.61. The molecule has 2 aromatic rings. The van der Waals surface area contributed by atoms with E-state index in [1.807, 2.05) is 10.7 Å². The molecule has 0 fully saturated rings. The molecule has 1 heterocycles. The predicted octanol–water partition coefficient (Wildman–Crippen LogP) is 2.80. The van der Waals surface area contributed by atoms with Crippen molar-refractivity contribution >= 4 is 0 Å². The highest BCUT2D eigenvalue weighted by Gasteiger charge is 2.07. The summed E-state index contributed by atoms with van der Waals surface area (Å²) < 4.78 is 15.0. The van der Waals surface area contributed by atoms with Crippen LogP contribution >= 0.6 is 0 Å². The van der Waals surface area contributed by atoms with Crippen molar-refractivity contribution in [3.05, 3.63) is 36.3 Å². The Morgan fingerprint density at radius 3 is 2.88 bits per heavy atom. The largest absolute Gasteiger partial charge is 0.505 e. The highest BCUT2D eigenvalue weighted by Crippen LogP contribution is 2.24. The van der Waals surface area contributed by atoms with E-state index in [-0.39, 0.29) is 5.75 Å². The summed E-state index contributed by atoms with van der Waals surface area (Å²) in [6.45, 7) is 2.85. The zero-order valence-corrected chi connectivity index (χ0v) is 9.02. The van der Waals surface area contributed by atoms with Crippen molar-refractivity contribution in [3.8, 4) is 17.0 Å². The molecule has 0 saturated heterocycles. The number of hydrogen-bond acceptors (Lipinski definition) is 2. The summed E-state index contributed by atoms with van der Waals surface area (Å²) in [5.41, 5.74) is 1.59. The fourth-order valence-corrected chi connectivity index (χ4v) is 1.63. The summed E-state index contributed by atoms with van der Waals surface area (Å²) in [5, 5.41) is 13.3. The van der Waals surface area contributed by atoms with Crippen LogP contribution in [-0.4, -0.2) is 14.9 Å². The van der Waals surface area contributed by atoms with Gasteiger partial charge in [0.05, 0.1) is 5.69 Å². The van der Waals surface area contributed by atoms with Gasteiger partial charge >= 0.3 is 0 Å². The molecule has 1 aromatic carbocycles. The van der Waals surface area contributed by atoms with Crippen molar-refractivity contribution in [1.82, 2.24) is 9.78 Å². The Bertz CT molecular complexity index is 494. The van der Waals surface area contributed by atoms with E-state index in [2.05, 4.69) is 12.0 Å². The van der Waals surface area contributed by atoms with Crippen LogP contribution in [0.25, 0.3) is 11.3 Å². The maximum absolute atomic E-state index is 13.2. The highest BCUT2D eigenvalue weighted by atomic mass is 19.1. The first kappa shape index (κ1) is 10.7. The molecule has 4 heteroatoms. The van der Waals surface area contributed by atoms with Crippen molar-refractivity contribution in [1.29, 1.82) is 0 Å². The fourth-order valence-electron chi connectivity index (χ4n) is 1.63. The number of phenolic OH excluding ortho intramolecular Hbond substituents is 1. The van der Waals surface area contributed by atoms with Crippen LogP contribution in [0, 0.1) is 5.82 Å². The SMILES string of the molecule is CCCn1nccc1-c1ccc(O)c(F)c1. The first-order chi connectivity index (χ1) is 7.72. The first-order valence-corrected chi connectivity index (χ1v) is 5.23. The van der Waals surface area contributed by atoms with Gasteiger partial charge in [0.15, 0.2) is 11.6 Å². The van der Waals surface area contributed by atoms with Gasteiger partial charge in [-0.1, -0.05) is 6.92 Å². The lowest BCUT2D eigenvalue weighted by Gasteiger charge is -2.06. The van der Waals surface area contributed by atoms with Crippen LogP contribution in [0.4, 0.5) is 4.39 Å². The molecule has 0 spiro atoms. The highest BCUT2D eigenvalue weighted by molar-refractivity contribution is 5.60. The smallest absolute Gasteiger partial charge is 0.165 e. The molecule has 0 aliphatic rings. The number of rotatable bonds is 3. The third kappa shape index (κ3) is 1.91. The number of aromatic nitrogens is 2. The number of hydrogen-bond donors (Lipinski definition) is 1. The predicted molar refractivity (Wildman–Crippen MR) is 59.6 cm³/mol. The van der Waals surface area contributed by atoms with Gasteiger partial charge in [0.2, 0.25) is 0 Å². The molecule has 16 heavy (non-hydrogen) atoms. The molecule has 2 rings (SSSR count). The second-order valence-electron chi connectivity index (χ2n) is 3.61. The summed E-state index contributed by atoms with van der Waals surface area (Å²) in [5.74, 6) is -0.938. The van der Waals surface area contributed by atoms with E-state index in [0.717, 1.165) is 24.2 Å². The van der Waals surface area contributed by atoms with E-state index in [4.69, 9.17) is 5.11 Å². The average Bonchev–Trinajstić information content (AvgIpc) is 2.71. The minimum absolute atomic E-state index is 0.328. The lowest BCUT2D eigenvalue weighted by molar-refractivity contribution is 0.432.